The largest absolute Gasteiger partial charge is 0.377 e. The zero-order chi connectivity index (χ0) is 11.1. The highest BCUT2D eigenvalue weighted by Crippen LogP contribution is 2.36. The van der Waals surface area contributed by atoms with Crippen LogP contribution in [-0.2, 0) is 4.74 Å². The lowest BCUT2D eigenvalue weighted by atomic mass is 9.95. The van der Waals surface area contributed by atoms with Crippen LogP contribution in [0.2, 0.25) is 0 Å². The van der Waals surface area contributed by atoms with Gasteiger partial charge < -0.3 is 15.4 Å². The first-order chi connectivity index (χ1) is 7.75. The molecule has 0 radical (unpaired) electrons. The first kappa shape index (κ1) is 10.5. The van der Waals surface area contributed by atoms with E-state index in [1.165, 1.54) is 5.69 Å². The standard InChI is InChI=1S/C11H14BrN3O/c12-7-3-10-11(14-5-7)9(13)4-8-6-16-2-1-15(8)10/h3,5,8-9H,1-2,4,6,13H2. The fraction of sp³-hybridized carbons (Fsp3) is 0.545. The quantitative estimate of drug-likeness (QED) is 0.783. The van der Waals surface area contributed by atoms with Crippen LogP contribution in [0.5, 0.6) is 0 Å². The lowest BCUT2D eigenvalue weighted by molar-refractivity contribution is 0.0865. The van der Waals surface area contributed by atoms with Crippen molar-refractivity contribution < 1.29 is 4.74 Å². The topological polar surface area (TPSA) is 51.4 Å². The van der Waals surface area contributed by atoms with Crippen molar-refractivity contribution in [1.82, 2.24) is 4.98 Å². The molecule has 86 valence electrons. The van der Waals surface area contributed by atoms with Crippen molar-refractivity contribution in [1.29, 1.82) is 0 Å². The minimum absolute atomic E-state index is 0.0334. The molecule has 0 bridgehead atoms. The smallest absolute Gasteiger partial charge is 0.0805 e. The molecule has 16 heavy (non-hydrogen) atoms. The van der Waals surface area contributed by atoms with Crippen molar-refractivity contribution in [2.24, 2.45) is 5.73 Å². The summed E-state index contributed by atoms with van der Waals surface area (Å²) in [5, 5.41) is 0. The number of morpholine rings is 1. The number of hydrogen-bond donors (Lipinski definition) is 1. The van der Waals surface area contributed by atoms with Gasteiger partial charge in [0, 0.05) is 17.2 Å². The van der Waals surface area contributed by atoms with Crippen LogP contribution in [0.3, 0.4) is 0 Å². The molecule has 1 fully saturated rings. The molecule has 5 heteroatoms. The number of nitrogens with zero attached hydrogens (tertiary/aromatic N) is 2. The summed E-state index contributed by atoms with van der Waals surface area (Å²) in [6.45, 7) is 2.50. The molecule has 0 amide bonds. The summed E-state index contributed by atoms with van der Waals surface area (Å²) < 4.78 is 6.51. The van der Waals surface area contributed by atoms with E-state index in [0.29, 0.717) is 6.04 Å². The highest BCUT2D eigenvalue weighted by Gasteiger charge is 2.33. The Labute approximate surface area is 103 Å². The molecule has 3 rings (SSSR count). The van der Waals surface area contributed by atoms with Gasteiger partial charge in [0.25, 0.3) is 0 Å². The molecule has 0 aliphatic carbocycles. The second kappa shape index (κ2) is 3.98. The number of hydrogen-bond acceptors (Lipinski definition) is 4. The van der Waals surface area contributed by atoms with E-state index in [1.54, 1.807) is 0 Å². The molecule has 0 spiro atoms. The number of anilines is 1. The minimum Gasteiger partial charge on any atom is -0.377 e. The number of pyridine rings is 1. The summed E-state index contributed by atoms with van der Waals surface area (Å²) in [5.74, 6) is 0. The fourth-order valence-electron chi connectivity index (χ4n) is 2.53. The molecule has 1 saturated heterocycles. The Morgan fingerprint density at radius 3 is 3.31 bits per heavy atom. The van der Waals surface area contributed by atoms with Crippen LogP contribution in [0, 0.1) is 0 Å². The summed E-state index contributed by atoms with van der Waals surface area (Å²) in [5.41, 5.74) is 8.33. The van der Waals surface area contributed by atoms with E-state index >= 15 is 0 Å². The Hall–Kier alpha value is -0.650. The Kier molecular flexibility index (Phi) is 2.61. The highest BCUT2D eigenvalue weighted by atomic mass is 79.9. The second-order valence-corrected chi connectivity index (χ2v) is 5.24. The Morgan fingerprint density at radius 2 is 2.44 bits per heavy atom. The van der Waals surface area contributed by atoms with Crippen molar-refractivity contribution in [2.75, 3.05) is 24.7 Å². The number of rotatable bonds is 0. The predicted molar refractivity (Wildman–Crippen MR) is 65.4 cm³/mol. The monoisotopic (exact) mass is 283 g/mol. The van der Waals surface area contributed by atoms with E-state index in [-0.39, 0.29) is 6.04 Å². The van der Waals surface area contributed by atoms with E-state index in [2.05, 4.69) is 31.9 Å². The van der Waals surface area contributed by atoms with Gasteiger partial charge in [-0.1, -0.05) is 0 Å². The minimum atomic E-state index is 0.0334. The van der Waals surface area contributed by atoms with Crippen molar-refractivity contribution in [2.45, 2.75) is 18.5 Å². The highest BCUT2D eigenvalue weighted by molar-refractivity contribution is 9.10. The molecule has 0 aromatic carbocycles. The Balaban J connectivity index is 2.05. The molecule has 0 saturated carbocycles. The summed E-state index contributed by atoms with van der Waals surface area (Å²) in [4.78, 5) is 6.81. The first-order valence-corrected chi connectivity index (χ1v) is 6.30. The zero-order valence-corrected chi connectivity index (χ0v) is 10.5. The summed E-state index contributed by atoms with van der Waals surface area (Å²) in [7, 11) is 0. The normalized spacial score (nSPS) is 28.5. The molecule has 1 aromatic rings. The zero-order valence-electron chi connectivity index (χ0n) is 8.90. The van der Waals surface area contributed by atoms with Crippen LogP contribution in [0.4, 0.5) is 5.69 Å². The third-order valence-electron chi connectivity index (χ3n) is 3.28. The number of aromatic nitrogens is 1. The van der Waals surface area contributed by atoms with Crippen molar-refractivity contribution >= 4 is 21.6 Å². The predicted octanol–water partition coefficient (Wildman–Crippen LogP) is 1.45. The van der Waals surface area contributed by atoms with E-state index in [1.807, 2.05) is 6.20 Å². The average Bonchev–Trinajstić information content (AvgIpc) is 2.29. The SMILES string of the molecule is NC1CC2COCCN2c2cc(Br)cnc21. The lowest BCUT2D eigenvalue weighted by Crippen LogP contribution is -2.50. The molecule has 1 aromatic heterocycles. The van der Waals surface area contributed by atoms with E-state index in [0.717, 1.165) is 36.3 Å². The van der Waals surface area contributed by atoms with Gasteiger partial charge in [0.1, 0.15) is 0 Å². The lowest BCUT2D eigenvalue weighted by Gasteiger charge is -2.43. The Morgan fingerprint density at radius 1 is 1.56 bits per heavy atom. The van der Waals surface area contributed by atoms with Gasteiger partial charge in [-0.25, -0.2) is 0 Å². The van der Waals surface area contributed by atoms with Gasteiger partial charge in [0.15, 0.2) is 0 Å². The van der Waals surface area contributed by atoms with Crippen LogP contribution >= 0.6 is 15.9 Å². The van der Waals surface area contributed by atoms with E-state index < -0.39 is 0 Å². The van der Waals surface area contributed by atoms with Crippen molar-refractivity contribution in [3.63, 3.8) is 0 Å². The molecule has 3 heterocycles. The van der Waals surface area contributed by atoms with Gasteiger partial charge in [0.05, 0.1) is 36.7 Å². The maximum absolute atomic E-state index is 6.14. The number of fused-ring (bicyclic) bond motifs is 3. The van der Waals surface area contributed by atoms with Gasteiger partial charge in [0.2, 0.25) is 0 Å². The maximum Gasteiger partial charge on any atom is 0.0805 e. The third-order valence-corrected chi connectivity index (χ3v) is 3.71. The fourth-order valence-corrected chi connectivity index (χ4v) is 2.85. The number of nitrogens with two attached hydrogens (primary N) is 1. The van der Waals surface area contributed by atoms with Gasteiger partial charge in [-0.05, 0) is 28.4 Å². The van der Waals surface area contributed by atoms with E-state index in [4.69, 9.17) is 10.5 Å². The molecule has 2 aliphatic rings. The van der Waals surface area contributed by atoms with Gasteiger partial charge in [-0.3, -0.25) is 4.98 Å². The molecule has 2 unspecified atom stereocenters. The van der Waals surface area contributed by atoms with Gasteiger partial charge in [-0.2, -0.15) is 0 Å². The molecular formula is C11H14BrN3O. The summed E-state index contributed by atoms with van der Waals surface area (Å²) in [6, 6.07) is 2.55. The van der Waals surface area contributed by atoms with E-state index in [9.17, 15) is 0 Å². The molecule has 2 atom stereocenters. The maximum atomic E-state index is 6.14. The van der Waals surface area contributed by atoms with Crippen molar-refractivity contribution in [3.8, 4) is 0 Å². The van der Waals surface area contributed by atoms with Gasteiger partial charge >= 0.3 is 0 Å². The summed E-state index contributed by atoms with van der Waals surface area (Å²) in [6.07, 6.45) is 2.75. The first-order valence-electron chi connectivity index (χ1n) is 5.51. The Bertz CT molecular complexity index is 412. The van der Waals surface area contributed by atoms with Crippen LogP contribution in [-0.4, -0.2) is 30.8 Å². The van der Waals surface area contributed by atoms with Crippen LogP contribution < -0.4 is 10.6 Å². The van der Waals surface area contributed by atoms with Crippen LogP contribution in [0.1, 0.15) is 18.2 Å². The number of ether oxygens (including phenoxy) is 1. The molecule has 4 nitrogen and oxygen atoms in total. The van der Waals surface area contributed by atoms with Gasteiger partial charge in [-0.15, -0.1) is 0 Å². The van der Waals surface area contributed by atoms with Crippen LogP contribution in [0.25, 0.3) is 0 Å². The number of halogens is 1. The molecule has 2 N–H and O–H groups in total. The average molecular weight is 284 g/mol. The third kappa shape index (κ3) is 1.63. The molecule has 2 aliphatic heterocycles. The van der Waals surface area contributed by atoms with Crippen LogP contribution in [0.15, 0.2) is 16.7 Å². The second-order valence-electron chi connectivity index (χ2n) is 4.32. The summed E-state index contributed by atoms with van der Waals surface area (Å²) >= 11 is 3.47. The van der Waals surface area contributed by atoms with Crippen molar-refractivity contribution in [3.05, 3.63) is 22.4 Å². The molecular weight excluding hydrogens is 270 g/mol.